The molecule has 0 saturated heterocycles. The summed E-state index contributed by atoms with van der Waals surface area (Å²) in [5.41, 5.74) is 1.80. The first kappa shape index (κ1) is 11.1. The van der Waals surface area contributed by atoms with Gasteiger partial charge in [-0.25, -0.2) is 9.97 Å². The molecule has 0 N–H and O–H groups in total. The molecule has 0 amide bonds. The van der Waals surface area contributed by atoms with E-state index in [1.54, 1.807) is 6.07 Å². The molecule has 1 heterocycles. The Morgan fingerprint density at radius 1 is 1.19 bits per heavy atom. The first-order chi connectivity index (χ1) is 7.69. The van der Waals surface area contributed by atoms with Crippen LogP contribution in [0.15, 0.2) is 34.8 Å². The first-order valence-corrected chi connectivity index (χ1v) is 5.57. The number of hydrogen-bond acceptors (Lipinski definition) is 3. The Bertz CT molecular complexity index is 560. The largest absolute Gasteiger partial charge is 0.224 e. The molecule has 0 aliphatic rings. The molecule has 0 aliphatic carbocycles. The summed E-state index contributed by atoms with van der Waals surface area (Å²) in [6, 6.07) is 11.1. The van der Waals surface area contributed by atoms with Gasteiger partial charge in [-0.1, -0.05) is 28.1 Å². The van der Waals surface area contributed by atoms with Crippen LogP contribution in [0.3, 0.4) is 0 Å². The van der Waals surface area contributed by atoms with Gasteiger partial charge in [0.15, 0.2) is 0 Å². The summed E-state index contributed by atoms with van der Waals surface area (Å²) in [4.78, 5) is 7.85. The fourth-order valence-corrected chi connectivity index (χ4v) is 1.69. The molecular formula is C11H5BrClN3. The van der Waals surface area contributed by atoms with Crippen LogP contribution < -0.4 is 0 Å². The topological polar surface area (TPSA) is 49.6 Å². The molecule has 0 saturated carbocycles. The molecule has 1 aromatic heterocycles. The molecule has 0 fully saturated rings. The monoisotopic (exact) mass is 293 g/mol. The summed E-state index contributed by atoms with van der Waals surface area (Å²) in [5, 5.41) is 8.85. The summed E-state index contributed by atoms with van der Waals surface area (Å²) in [6.45, 7) is 0. The van der Waals surface area contributed by atoms with E-state index in [1.807, 2.05) is 30.3 Å². The maximum atomic E-state index is 8.77. The molecule has 0 atom stereocenters. The van der Waals surface area contributed by atoms with Gasteiger partial charge in [-0.15, -0.1) is 0 Å². The Labute approximate surface area is 106 Å². The van der Waals surface area contributed by atoms with Crippen LogP contribution in [0, 0.1) is 11.3 Å². The minimum absolute atomic E-state index is 0.0805. The summed E-state index contributed by atoms with van der Waals surface area (Å²) in [5.74, 6) is 0. The van der Waals surface area contributed by atoms with Crippen molar-refractivity contribution >= 4 is 27.5 Å². The van der Waals surface area contributed by atoms with Gasteiger partial charge < -0.3 is 0 Å². The lowest BCUT2D eigenvalue weighted by Crippen LogP contribution is -1.91. The maximum Gasteiger partial charge on any atom is 0.224 e. The maximum absolute atomic E-state index is 8.77. The summed E-state index contributed by atoms with van der Waals surface area (Å²) < 4.78 is 0.983. The number of hydrogen-bond donors (Lipinski definition) is 0. The van der Waals surface area contributed by atoms with E-state index >= 15 is 0 Å². The predicted molar refractivity (Wildman–Crippen MR) is 64.9 cm³/mol. The van der Waals surface area contributed by atoms with E-state index in [1.165, 1.54) is 0 Å². The van der Waals surface area contributed by atoms with Gasteiger partial charge in [0, 0.05) is 16.1 Å². The van der Waals surface area contributed by atoms with E-state index in [2.05, 4.69) is 25.9 Å². The van der Waals surface area contributed by atoms with Crippen molar-refractivity contribution in [3.63, 3.8) is 0 Å². The lowest BCUT2D eigenvalue weighted by Gasteiger charge is -2.01. The zero-order valence-corrected chi connectivity index (χ0v) is 10.3. The number of aromatic nitrogens is 2. The number of nitriles is 1. The van der Waals surface area contributed by atoms with E-state index in [4.69, 9.17) is 16.9 Å². The van der Waals surface area contributed by atoms with Gasteiger partial charge in [0.25, 0.3) is 0 Å². The van der Waals surface area contributed by atoms with Gasteiger partial charge >= 0.3 is 0 Å². The SMILES string of the molecule is N#Cc1cc(-c2ccc(Br)cc2)nc(Cl)n1. The smallest absolute Gasteiger partial charge is 0.218 e. The Hall–Kier alpha value is -1.44. The Balaban J connectivity index is 2.52. The van der Waals surface area contributed by atoms with Crippen LogP contribution in [0.25, 0.3) is 11.3 Å². The molecule has 5 heteroatoms. The molecule has 0 spiro atoms. The van der Waals surface area contributed by atoms with Crippen molar-refractivity contribution in [1.82, 2.24) is 9.97 Å². The van der Waals surface area contributed by atoms with Crippen molar-refractivity contribution < 1.29 is 0 Å². The fraction of sp³-hybridized carbons (Fsp3) is 0. The average Bonchev–Trinajstić information content (AvgIpc) is 2.29. The highest BCUT2D eigenvalue weighted by Crippen LogP contribution is 2.21. The van der Waals surface area contributed by atoms with E-state index < -0.39 is 0 Å². The molecule has 78 valence electrons. The van der Waals surface area contributed by atoms with Crippen LogP contribution in [0.2, 0.25) is 5.28 Å². The standard InChI is InChI=1S/C11H5BrClN3/c12-8-3-1-7(2-4-8)10-5-9(6-14)15-11(13)16-10/h1-5H. The summed E-state index contributed by atoms with van der Waals surface area (Å²) >= 11 is 9.08. The molecular weight excluding hydrogens is 289 g/mol. The molecule has 0 unspecified atom stereocenters. The van der Waals surface area contributed by atoms with Gasteiger partial charge in [-0.2, -0.15) is 5.26 Å². The zero-order chi connectivity index (χ0) is 11.5. The van der Waals surface area contributed by atoms with E-state index in [0.29, 0.717) is 5.69 Å². The van der Waals surface area contributed by atoms with E-state index in [9.17, 15) is 0 Å². The summed E-state index contributed by atoms with van der Waals surface area (Å²) in [7, 11) is 0. The molecule has 3 nitrogen and oxygen atoms in total. The highest BCUT2D eigenvalue weighted by Gasteiger charge is 2.04. The fourth-order valence-electron chi connectivity index (χ4n) is 1.24. The predicted octanol–water partition coefficient (Wildman–Crippen LogP) is 3.43. The number of rotatable bonds is 1. The van der Waals surface area contributed by atoms with Crippen molar-refractivity contribution in [1.29, 1.82) is 5.26 Å². The molecule has 0 bridgehead atoms. The lowest BCUT2D eigenvalue weighted by atomic mass is 10.1. The van der Waals surface area contributed by atoms with Crippen molar-refractivity contribution in [2.75, 3.05) is 0 Å². The summed E-state index contributed by atoms with van der Waals surface area (Å²) in [6.07, 6.45) is 0. The van der Waals surface area contributed by atoms with Crippen LogP contribution in [0.1, 0.15) is 5.69 Å². The third-order valence-corrected chi connectivity index (χ3v) is 2.65. The van der Waals surface area contributed by atoms with E-state index in [0.717, 1.165) is 10.0 Å². The number of halogens is 2. The third-order valence-electron chi connectivity index (χ3n) is 1.95. The normalized spacial score (nSPS) is 9.81. The van der Waals surface area contributed by atoms with Crippen LogP contribution in [-0.2, 0) is 0 Å². The average molecular weight is 295 g/mol. The molecule has 0 aliphatic heterocycles. The van der Waals surface area contributed by atoms with Gasteiger partial charge in [-0.05, 0) is 23.7 Å². The third kappa shape index (κ3) is 2.38. The second-order valence-corrected chi connectivity index (χ2v) is 4.28. The molecule has 0 radical (unpaired) electrons. The van der Waals surface area contributed by atoms with Gasteiger partial charge in [0.1, 0.15) is 11.8 Å². The molecule has 1 aromatic carbocycles. The van der Waals surface area contributed by atoms with Crippen molar-refractivity contribution in [2.24, 2.45) is 0 Å². The van der Waals surface area contributed by atoms with Crippen LogP contribution in [0.4, 0.5) is 0 Å². The lowest BCUT2D eigenvalue weighted by molar-refractivity contribution is 1.14. The first-order valence-electron chi connectivity index (χ1n) is 4.39. The van der Waals surface area contributed by atoms with Crippen LogP contribution >= 0.6 is 27.5 Å². The Morgan fingerprint density at radius 3 is 2.50 bits per heavy atom. The highest BCUT2D eigenvalue weighted by molar-refractivity contribution is 9.10. The zero-order valence-electron chi connectivity index (χ0n) is 7.98. The van der Waals surface area contributed by atoms with Gasteiger partial charge in [-0.3, -0.25) is 0 Å². The molecule has 16 heavy (non-hydrogen) atoms. The quantitative estimate of drug-likeness (QED) is 0.757. The van der Waals surface area contributed by atoms with Crippen LogP contribution in [-0.4, -0.2) is 9.97 Å². The van der Waals surface area contributed by atoms with Crippen LogP contribution in [0.5, 0.6) is 0 Å². The van der Waals surface area contributed by atoms with Crippen molar-refractivity contribution in [3.8, 4) is 17.3 Å². The Morgan fingerprint density at radius 2 is 1.88 bits per heavy atom. The highest BCUT2D eigenvalue weighted by atomic mass is 79.9. The van der Waals surface area contributed by atoms with Gasteiger partial charge in [0.2, 0.25) is 5.28 Å². The number of nitrogens with zero attached hydrogens (tertiary/aromatic N) is 3. The minimum atomic E-state index is 0.0805. The van der Waals surface area contributed by atoms with Gasteiger partial charge in [0.05, 0.1) is 5.69 Å². The Kier molecular flexibility index (Phi) is 3.18. The molecule has 2 rings (SSSR count). The second kappa shape index (κ2) is 4.60. The number of benzene rings is 1. The minimum Gasteiger partial charge on any atom is -0.218 e. The second-order valence-electron chi connectivity index (χ2n) is 3.03. The van der Waals surface area contributed by atoms with Crippen molar-refractivity contribution in [2.45, 2.75) is 0 Å². The van der Waals surface area contributed by atoms with E-state index in [-0.39, 0.29) is 11.0 Å². The van der Waals surface area contributed by atoms with Crippen molar-refractivity contribution in [3.05, 3.63) is 45.8 Å². The molecule has 2 aromatic rings.